The van der Waals surface area contributed by atoms with Crippen LogP contribution in [0.4, 0.5) is 10.1 Å². The van der Waals surface area contributed by atoms with Crippen molar-refractivity contribution in [3.05, 3.63) is 131 Å². The maximum atomic E-state index is 14.4. The van der Waals surface area contributed by atoms with Gasteiger partial charge in [-0.05, 0) is 80.8 Å². The first kappa shape index (κ1) is 32.4. The van der Waals surface area contributed by atoms with Gasteiger partial charge in [0.2, 0.25) is 11.8 Å². The molecule has 4 aromatic carbocycles. The third-order valence-corrected chi connectivity index (χ3v) is 8.93. The molecule has 0 radical (unpaired) electrons. The van der Waals surface area contributed by atoms with Gasteiger partial charge in [0.15, 0.2) is 0 Å². The highest BCUT2D eigenvalue weighted by Crippen LogP contribution is 2.26. The minimum absolute atomic E-state index is 0.0334. The molecule has 0 fully saturated rings. The molecule has 0 heterocycles. The summed E-state index contributed by atoms with van der Waals surface area (Å²) in [7, 11) is -4.18. The number of hydrogen-bond donors (Lipinski definition) is 1. The summed E-state index contributed by atoms with van der Waals surface area (Å²) in [6.07, 6.45) is 0.196. The maximum absolute atomic E-state index is 14.4. The summed E-state index contributed by atoms with van der Waals surface area (Å²) in [6, 6.07) is 27.2. The van der Waals surface area contributed by atoms with Crippen LogP contribution in [0.1, 0.15) is 36.1 Å². The largest absolute Gasteiger partial charge is 0.352 e. The summed E-state index contributed by atoms with van der Waals surface area (Å²) in [4.78, 5) is 29.5. The quantitative estimate of drug-likeness (QED) is 0.218. The molecule has 1 N–H and O–H groups in total. The number of anilines is 1. The van der Waals surface area contributed by atoms with E-state index in [9.17, 15) is 22.4 Å². The molecular formula is C35H38FN3O4S. The van der Waals surface area contributed by atoms with E-state index in [1.165, 1.54) is 29.2 Å². The highest BCUT2D eigenvalue weighted by atomic mass is 32.2. The number of sulfonamides is 1. The molecule has 0 aliphatic rings. The van der Waals surface area contributed by atoms with Crippen molar-refractivity contribution in [1.29, 1.82) is 0 Å². The predicted molar refractivity (Wildman–Crippen MR) is 171 cm³/mol. The summed E-state index contributed by atoms with van der Waals surface area (Å²) in [6.45, 7) is 6.78. The minimum Gasteiger partial charge on any atom is -0.352 e. The van der Waals surface area contributed by atoms with E-state index in [2.05, 4.69) is 5.32 Å². The summed E-state index contributed by atoms with van der Waals surface area (Å²) in [5.41, 5.74) is 3.47. The van der Waals surface area contributed by atoms with Crippen molar-refractivity contribution in [2.24, 2.45) is 0 Å². The van der Waals surface area contributed by atoms with Gasteiger partial charge in [0.05, 0.1) is 10.6 Å². The van der Waals surface area contributed by atoms with E-state index in [1.807, 2.05) is 64.1 Å². The Labute approximate surface area is 259 Å². The van der Waals surface area contributed by atoms with E-state index >= 15 is 0 Å². The lowest BCUT2D eigenvalue weighted by molar-refractivity contribution is -0.140. The average Bonchev–Trinajstić information content (AvgIpc) is 2.98. The van der Waals surface area contributed by atoms with Crippen LogP contribution in [0.2, 0.25) is 0 Å². The Morgan fingerprint density at radius 3 is 2.07 bits per heavy atom. The summed E-state index contributed by atoms with van der Waals surface area (Å²) >= 11 is 0. The molecule has 0 aromatic heterocycles. The Morgan fingerprint density at radius 2 is 1.45 bits per heavy atom. The molecule has 7 nitrogen and oxygen atoms in total. The molecule has 2 amide bonds. The van der Waals surface area contributed by atoms with Gasteiger partial charge in [0, 0.05) is 19.0 Å². The van der Waals surface area contributed by atoms with Crippen LogP contribution < -0.4 is 9.62 Å². The smallest absolute Gasteiger partial charge is 0.264 e. The Hall–Kier alpha value is -4.50. The monoisotopic (exact) mass is 615 g/mol. The van der Waals surface area contributed by atoms with Crippen molar-refractivity contribution >= 4 is 27.5 Å². The van der Waals surface area contributed by atoms with Gasteiger partial charge in [-0.15, -0.1) is 0 Å². The van der Waals surface area contributed by atoms with E-state index in [1.54, 1.807) is 42.5 Å². The second kappa shape index (κ2) is 14.3. The van der Waals surface area contributed by atoms with Gasteiger partial charge in [0.1, 0.15) is 18.4 Å². The Kier molecular flexibility index (Phi) is 10.5. The highest BCUT2D eigenvalue weighted by molar-refractivity contribution is 7.92. The maximum Gasteiger partial charge on any atom is 0.264 e. The molecule has 0 saturated carbocycles. The average molecular weight is 616 g/mol. The Balaban J connectivity index is 1.80. The molecule has 0 unspecified atom stereocenters. The first-order chi connectivity index (χ1) is 20.9. The van der Waals surface area contributed by atoms with Crippen molar-refractivity contribution in [2.45, 2.75) is 57.6 Å². The minimum atomic E-state index is -4.18. The fourth-order valence-corrected chi connectivity index (χ4v) is 6.28. The van der Waals surface area contributed by atoms with Crippen LogP contribution in [-0.4, -0.2) is 43.8 Å². The van der Waals surface area contributed by atoms with E-state index < -0.39 is 34.3 Å². The predicted octanol–water partition coefficient (Wildman–Crippen LogP) is 5.80. The molecule has 230 valence electrons. The first-order valence-electron chi connectivity index (χ1n) is 14.5. The van der Waals surface area contributed by atoms with Gasteiger partial charge in [-0.1, -0.05) is 72.3 Å². The number of aryl methyl sites for hydroxylation is 2. The Morgan fingerprint density at radius 1 is 0.795 bits per heavy atom. The van der Waals surface area contributed by atoms with Gasteiger partial charge in [-0.25, -0.2) is 12.8 Å². The van der Waals surface area contributed by atoms with Crippen molar-refractivity contribution < 1.29 is 22.4 Å². The molecule has 0 aliphatic carbocycles. The van der Waals surface area contributed by atoms with Crippen LogP contribution in [0, 0.1) is 19.7 Å². The van der Waals surface area contributed by atoms with Gasteiger partial charge in [0.25, 0.3) is 10.0 Å². The molecule has 44 heavy (non-hydrogen) atoms. The van der Waals surface area contributed by atoms with Crippen LogP contribution in [0.25, 0.3) is 0 Å². The second-order valence-corrected chi connectivity index (χ2v) is 13.0. The lowest BCUT2D eigenvalue weighted by Crippen LogP contribution is -2.54. The molecule has 4 aromatic rings. The van der Waals surface area contributed by atoms with Crippen molar-refractivity contribution in [2.75, 3.05) is 10.8 Å². The standard InChI is InChI=1S/C35H38FN3O4S/c1-25(2)37-35(41)33(22-28-10-6-5-7-11-28)38(23-29-15-17-30(36)18-16-29)34(40)24-39(31-12-8-9-27(4)21-31)44(42,43)32-19-13-26(3)14-20-32/h5-21,25,33H,22-24H2,1-4H3,(H,37,41)/t33-/m1/s1. The number of carbonyl (C=O) groups is 2. The zero-order valence-electron chi connectivity index (χ0n) is 25.4. The molecule has 0 spiro atoms. The van der Waals surface area contributed by atoms with Crippen LogP contribution in [0.5, 0.6) is 0 Å². The molecule has 1 atom stereocenters. The topological polar surface area (TPSA) is 86.8 Å². The Bertz CT molecular complexity index is 1680. The number of halogens is 1. The zero-order chi connectivity index (χ0) is 31.9. The lowest BCUT2D eigenvalue weighted by atomic mass is 10.0. The van der Waals surface area contributed by atoms with E-state index in [0.717, 1.165) is 21.0 Å². The van der Waals surface area contributed by atoms with Gasteiger partial charge < -0.3 is 10.2 Å². The fourth-order valence-electron chi connectivity index (χ4n) is 4.87. The molecule has 9 heteroatoms. The highest BCUT2D eigenvalue weighted by Gasteiger charge is 2.34. The third kappa shape index (κ3) is 8.32. The van der Waals surface area contributed by atoms with Gasteiger partial charge in [-0.3, -0.25) is 13.9 Å². The SMILES string of the molecule is Cc1ccc(S(=O)(=O)N(CC(=O)N(Cc2ccc(F)cc2)[C@H](Cc2ccccc2)C(=O)NC(C)C)c2cccc(C)c2)cc1. The number of nitrogens with one attached hydrogen (secondary N) is 1. The molecule has 4 rings (SSSR count). The summed E-state index contributed by atoms with van der Waals surface area (Å²) < 4.78 is 43.0. The van der Waals surface area contributed by atoms with Crippen molar-refractivity contribution in [1.82, 2.24) is 10.2 Å². The zero-order valence-corrected chi connectivity index (χ0v) is 26.2. The van der Waals surface area contributed by atoms with E-state index in [-0.39, 0.29) is 29.8 Å². The second-order valence-electron chi connectivity index (χ2n) is 11.2. The summed E-state index contributed by atoms with van der Waals surface area (Å²) in [5, 5.41) is 2.92. The number of carbonyl (C=O) groups excluding carboxylic acids is 2. The van der Waals surface area contributed by atoms with Gasteiger partial charge >= 0.3 is 0 Å². The fraction of sp³-hybridized carbons (Fsp3) is 0.257. The van der Waals surface area contributed by atoms with Crippen molar-refractivity contribution in [3.63, 3.8) is 0 Å². The normalized spacial score (nSPS) is 12.0. The number of amides is 2. The van der Waals surface area contributed by atoms with Crippen LogP contribution in [-0.2, 0) is 32.6 Å². The molecule has 0 aliphatic heterocycles. The van der Waals surface area contributed by atoms with Crippen LogP contribution in [0.15, 0.2) is 108 Å². The van der Waals surface area contributed by atoms with Crippen LogP contribution in [0.3, 0.4) is 0 Å². The lowest BCUT2D eigenvalue weighted by Gasteiger charge is -2.34. The number of hydrogen-bond acceptors (Lipinski definition) is 4. The van der Waals surface area contributed by atoms with E-state index in [4.69, 9.17) is 0 Å². The molecule has 0 saturated heterocycles. The van der Waals surface area contributed by atoms with Crippen molar-refractivity contribution in [3.8, 4) is 0 Å². The van der Waals surface area contributed by atoms with Crippen LogP contribution >= 0.6 is 0 Å². The summed E-state index contributed by atoms with van der Waals surface area (Å²) in [5.74, 6) is -1.38. The molecular weight excluding hydrogens is 577 g/mol. The first-order valence-corrected chi connectivity index (χ1v) is 15.9. The van der Waals surface area contributed by atoms with Gasteiger partial charge in [-0.2, -0.15) is 0 Å². The third-order valence-electron chi connectivity index (χ3n) is 7.15. The number of benzene rings is 4. The number of rotatable bonds is 12. The van der Waals surface area contributed by atoms with E-state index in [0.29, 0.717) is 11.3 Å². The number of nitrogens with zero attached hydrogens (tertiary/aromatic N) is 2. The molecule has 0 bridgehead atoms.